The van der Waals surface area contributed by atoms with Gasteiger partial charge in [-0.15, -0.1) is 11.3 Å². The van der Waals surface area contributed by atoms with E-state index in [0.717, 1.165) is 43.0 Å². The van der Waals surface area contributed by atoms with Crippen LogP contribution in [0.1, 0.15) is 23.7 Å². The molecule has 0 atom stereocenters. The Morgan fingerprint density at radius 1 is 1.29 bits per heavy atom. The normalized spacial score (nSPS) is 20.0. The molecule has 0 aliphatic carbocycles. The molecule has 2 aromatic heterocycles. The SMILES string of the molecule is CCc1cc2c(=O)c(-c3nc(C)cs3)coc2c(C[NH+]2CC[NH+](C)CC2)c1O. The number of aryl methyl sites for hydroxylation is 2. The van der Waals surface area contributed by atoms with Crippen LogP contribution in [-0.2, 0) is 13.0 Å². The van der Waals surface area contributed by atoms with Gasteiger partial charge < -0.3 is 19.3 Å². The molecular formula is C21H27N3O3S+2. The second-order valence-corrected chi connectivity index (χ2v) is 8.61. The maximum absolute atomic E-state index is 13.2. The van der Waals surface area contributed by atoms with E-state index in [2.05, 4.69) is 12.0 Å². The number of benzene rings is 1. The van der Waals surface area contributed by atoms with Crippen molar-refractivity contribution in [3.63, 3.8) is 0 Å². The lowest BCUT2D eigenvalue weighted by molar-refractivity contribution is -1.01. The van der Waals surface area contributed by atoms with Gasteiger partial charge >= 0.3 is 0 Å². The minimum absolute atomic E-state index is 0.0793. The number of fused-ring (bicyclic) bond motifs is 1. The average Bonchev–Trinajstić information content (AvgIpc) is 3.12. The summed E-state index contributed by atoms with van der Waals surface area (Å²) in [6.07, 6.45) is 2.16. The van der Waals surface area contributed by atoms with E-state index in [1.807, 2.05) is 19.2 Å². The van der Waals surface area contributed by atoms with E-state index in [-0.39, 0.29) is 11.2 Å². The number of rotatable bonds is 4. The third-order valence-corrected chi connectivity index (χ3v) is 6.67. The zero-order valence-corrected chi connectivity index (χ0v) is 17.4. The van der Waals surface area contributed by atoms with Crippen LogP contribution in [0.2, 0.25) is 0 Å². The average molecular weight is 402 g/mol. The van der Waals surface area contributed by atoms with Gasteiger partial charge in [-0.1, -0.05) is 6.92 Å². The predicted molar refractivity (Wildman–Crippen MR) is 110 cm³/mol. The number of quaternary nitrogens is 2. The minimum atomic E-state index is -0.0793. The summed E-state index contributed by atoms with van der Waals surface area (Å²) in [4.78, 5) is 20.6. The van der Waals surface area contributed by atoms with Gasteiger partial charge in [0.15, 0.2) is 0 Å². The first-order valence-electron chi connectivity index (χ1n) is 9.84. The van der Waals surface area contributed by atoms with E-state index in [1.54, 1.807) is 6.07 Å². The highest BCUT2D eigenvalue weighted by atomic mass is 32.1. The Hall–Kier alpha value is -2.22. The minimum Gasteiger partial charge on any atom is -0.507 e. The Labute approximate surface area is 168 Å². The second kappa shape index (κ2) is 7.66. The molecule has 1 saturated heterocycles. The summed E-state index contributed by atoms with van der Waals surface area (Å²) in [5.41, 5.74) is 3.35. The van der Waals surface area contributed by atoms with Gasteiger partial charge in [-0.2, -0.15) is 0 Å². The van der Waals surface area contributed by atoms with Crippen molar-refractivity contribution in [2.45, 2.75) is 26.8 Å². The van der Waals surface area contributed by atoms with Crippen molar-refractivity contribution in [3.8, 4) is 16.3 Å². The summed E-state index contributed by atoms with van der Waals surface area (Å²) in [6, 6.07) is 1.79. The van der Waals surface area contributed by atoms with E-state index in [0.29, 0.717) is 34.5 Å². The molecule has 7 heteroatoms. The Kier molecular flexibility index (Phi) is 5.23. The van der Waals surface area contributed by atoms with Crippen molar-refractivity contribution in [1.29, 1.82) is 0 Å². The van der Waals surface area contributed by atoms with Gasteiger partial charge in [0.05, 0.1) is 23.6 Å². The summed E-state index contributed by atoms with van der Waals surface area (Å²) < 4.78 is 5.95. The molecule has 148 valence electrons. The molecule has 1 fully saturated rings. The predicted octanol–water partition coefficient (Wildman–Crippen LogP) is 0.406. The van der Waals surface area contributed by atoms with Crippen molar-refractivity contribution in [1.82, 2.24) is 4.98 Å². The molecule has 0 bridgehead atoms. The number of hydrogen-bond acceptors (Lipinski definition) is 5. The maximum Gasteiger partial charge on any atom is 0.202 e. The van der Waals surface area contributed by atoms with Crippen LogP contribution in [0.25, 0.3) is 21.5 Å². The zero-order chi connectivity index (χ0) is 19.8. The molecule has 1 aliphatic rings. The van der Waals surface area contributed by atoms with Crippen LogP contribution in [0.15, 0.2) is 26.9 Å². The fourth-order valence-electron chi connectivity index (χ4n) is 3.91. The van der Waals surface area contributed by atoms with Gasteiger partial charge in [-0.05, 0) is 25.0 Å². The van der Waals surface area contributed by atoms with Gasteiger partial charge in [-0.3, -0.25) is 4.79 Å². The van der Waals surface area contributed by atoms with Gasteiger partial charge in [0, 0.05) is 11.1 Å². The highest BCUT2D eigenvalue weighted by Crippen LogP contribution is 2.32. The van der Waals surface area contributed by atoms with E-state index >= 15 is 0 Å². The number of aromatic hydroxyl groups is 1. The zero-order valence-electron chi connectivity index (χ0n) is 16.6. The third kappa shape index (κ3) is 3.45. The Balaban J connectivity index is 1.83. The number of aromatic nitrogens is 1. The molecule has 1 aliphatic heterocycles. The fourth-order valence-corrected chi connectivity index (χ4v) is 4.71. The summed E-state index contributed by atoms with van der Waals surface area (Å²) in [5, 5.41) is 14.0. The number of phenols is 1. The number of phenolic OH excluding ortho intramolecular Hbond substituents is 1. The van der Waals surface area contributed by atoms with Crippen molar-refractivity contribution in [2.75, 3.05) is 33.2 Å². The van der Waals surface area contributed by atoms with Crippen molar-refractivity contribution in [3.05, 3.63) is 44.8 Å². The van der Waals surface area contributed by atoms with Crippen molar-refractivity contribution in [2.24, 2.45) is 0 Å². The molecule has 4 rings (SSSR count). The molecule has 0 radical (unpaired) electrons. The number of piperazine rings is 1. The van der Waals surface area contributed by atoms with Crippen LogP contribution in [0.3, 0.4) is 0 Å². The Bertz CT molecular complexity index is 1060. The Morgan fingerprint density at radius 3 is 2.68 bits per heavy atom. The van der Waals surface area contributed by atoms with Gasteiger partial charge in [0.1, 0.15) is 55.3 Å². The number of hydrogen-bond donors (Lipinski definition) is 3. The molecule has 1 aromatic carbocycles. The van der Waals surface area contributed by atoms with Crippen molar-refractivity contribution < 1.29 is 19.3 Å². The summed E-state index contributed by atoms with van der Waals surface area (Å²) in [7, 11) is 2.21. The van der Waals surface area contributed by atoms with Crippen LogP contribution in [0, 0.1) is 6.92 Å². The topological polar surface area (TPSA) is 72.2 Å². The monoisotopic (exact) mass is 401 g/mol. The molecule has 3 heterocycles. The lowest BCUT2D eigenvalue weighted by Gasteiger charge is -2.27. The molecule has 3 N–H and O–H groups in total. The largest absolute Gasteiger partial charge is 0.507 e. The van der Waals surface area contributed by atoms with Crippen LogP contribution < -0.4 is 15.2 Å². The molecular weight excluding hydrogens is 374 g/mol. The lowest BCUT2D eigenvalue weighted by Crippen LogP contribution is -3.26. The first kappa shape index (κ1) is 19.1. The van der Waals surface area contributed by atoms with Crippen LogP contribution in [0.5, 0.6) is 5.75 Å². The second-order valence-electron chi connectivity index (χ2n) is 7.75. The van der Waals surface area contributed by atoms with E-state index < -0.39 is 0 Å². The number of thiazole rings is 1. The molecule has 0 amide bonds. The van der Waals surface area contributed by atoms with Crippen LogP contribution in [-0.4, -0.2) is 43.3 Å². The van der Waals surface area contributed by atoms with E-state index in [9.17, 15) is 9.90 Å². The number of nitrogens with zero attached hydrogens (tertiary/aromatic N) is 1. The molecule has 3 aromatic rings. The third-order valence-electron chi connectivity index (χ3n) is 5.68. The van der Waals surface area contributed by atoms with Crippen LogP contribution >= 0.6 is 11.3 Å². The molecule has 0 unspecified atom stereocenters. The Morgan fingerprint density at radius 2 is 2.04 bits per heavy atom. The first-order chi connectivity index (χ1) is 13.5. The maximum atomic E-state index is 13.2. The quantitative estimate of drug-likeness (QED) is 0.592. The van der Waals surface area contributed by atoms with E-state index in [4.69, 9.17) is 4.42 Å². The fraction of sp³-hybridized carbons (Fsp3) is 0.429. The highest BCUT2D eigenvalue weighted by Gasteiger charge is 2.25. The molecule has 6 nitrogen and oxygen atoms in total. The first-order valence-corrected chi connectivity index (χ1v) is 10.7. The molecule has 0 spiro atoms. The van der Waals surface area contributed by atoms with Crippen molar-refractivity contribution >= 4 is 22.3 Å². The van der Waals surface area contributed by atoms with Gasteiger partial charge in [-0.25, -0.2) is 4.98 Å². The number of nitrogens with one attached hydrogen (secondary N) is 2. The smallest absolute Gasteiger partial charge is 0.202 e. The van der Waals surface area contributed by atoms with Gasteiger partial charge in [0.2, 0.25) is 5.43 Å². The van der Waals surface area contributed by atoms with Gasteiger partial charge in [0.25, 0.3) is 0 Å². The van der Waals surface area contributed by atoms with Crippen LogP contribution in [0.4, 0.5) is 0 Å². The summed E-state index contributed by atoms with van der Waals surface area (Å²) >= 11 is 1.44. The molecule has 28 heavy (non-hydrogen) atoms. The summed E-state index contributed by atoms with van der Waals surface area (Å²) in [5.74, 6) is 0.273. The number of likely N-dealkylation sites (N-methyl/N-ethyl adjacent to an activating group) is 1. The van der Waals surface area contributed by atoms with E-state index in [1.165, 1.54) is 27.4 Å². The lowest BCUT2D eigenvalue weighted by atomic mass is 10.0. The molecule has 0 saturated carbocycles. The standard InChI is InChI=1S/C21H25N3O3S/c1-4-14-9-15-19(26)17(21-22-13(2)12-28-21)11-27-20(15)16(18(14)25)10-24-7-5-23(3)6-8-24/h9,11-12,25H,4-8,10H2,1-3H3/p+2. The summed E-state index contributed by atoms with van der Waals surface area (Å²) in [6.45, 7) is 8.88. The highest BCUT2D eigenvalue weighted by molar-refractivity contribution is 7.13.